The fraction of sp³-hybridized carbons (Fsp3) is 0.400. The lowest BCUT2D eigenvalue weighted by Gasteiger charge is -2.21. The Morgan fingerprint density at radius 1 is 1.25 bits per heavy atom. The molecule has 1 aliphatic carbocycles. The van der Waals surface area contributed by atoms with Gasteiger partial charge in [-0.15, -0.1) is 12.4 Å². The number of nitrogens with one attached hydrogen (secondary N) is 1. The van der Waals surface area contributed by atoms with E-state index in [9.17, 15) is 13.2 Å². The number of nitrogens with two attached hydrogens (primary N) is 1. The van der Waals surface area contributed by atoms with Crippen molar-refractivity contribution in [2.24, 2.45) is 11.8 Å². The van der Waals surface area contributed by atoms with Crippen molar-refractivity contribution in [2.45, 2.75) is 18.6 Å². The first-order valence-electron chi connectivity index (χ1n) is 4.64. The Balaban J connectivity index is 0.00000128. The Morgan fingerprint density at radius 2 is 1.88 bits per heavy atom. The molecule has 1 aromatic rings. The van der Waals surface area contributed by atoms with Gasteiger partial charge in [0.05, 0.1) is 12.0 Å². The van der Waals surface area contributed by atoms with Crippen LogP contribution >= 0.6 is 12.4 Å². The molecular weight excluding hydrogens is 241 g/mol. The molecule has 0 saturated heterocycles. The molecule has 3 N–H and O–H groups in total. The van der Waals surface area contributed by atoms with Crippen molar-refractivity contribution in [1.29, 1.82) is 0 Å². The minimum Gasteiger partial charge on any atom is -0.271 e. The zero-order valence-corrected chi connectivity index (χ0v) is 9.11. The molecule has 0 radical (unpaired) electrons. The van der Waals surface area contributed by atoms with Crippen LogP contribution in [0.4, 0.5) is 13.2 Å². The third kappa shape index (κ3) is 2.16. The van der Waals surface area contributed by atoms with Crippen LogP contribution < -0.4 is 11.3 Å². The van der Waals surface area contributed by atoms with Crippen molar-refractivity contribution in [1.82, 2.24) is 5.43 Å². The summed E-state index contributed by atoms with van der Waals surface area (Å²) < 4.78 is 38.0. The summed E-state index contributed by atoms with van der Waals surface area (Å²) in [5.41, 5.74) is 3.64. The van der Waals surface area contributed by atoms with Gasteiger partial charge in [-0.1, -0.05) is 24.3 Å². The molecule has 90 valence electrons. The first-order valence-corrected chi connectivity index (χ1v) is 4.64. The quantitative estimate of drug-likeness (QED) is 0.595. The van der Waals surface area contributed by atoms with Crippen LogP contribution in [0.1, 0.15) is 17.2 Å². The molecule has 0 amide bonds. The van der Waals surface area contributed by atoms with E-state index >= 15 is 0 Å². The van der Waals surface area contributed by atoms with Crippen LogP contribution in [0.3, 0.4) is 0 Å². The van der Waals surface area contributed by atoms with Crippen LogP contribution in [0.25, 0.3) is 0 Å². The molecule has 2 atom stereocenters. The second-order valence-electron chi connectivity index (χ2n) is 3.70. The minimum atomic E-state index is -4.21. The molecule has 0 bridgehead atoms. The van der Waals surface area contributed by atoms with E-state index in [2.05, 4.69) is 5.43 Å². The number of hydrogen-bond donors (Lipinski definition) is 2. The Morgan fingerprint density at radius 3 is 2.44 bits per heavy atom. The number of fused-ring (bicyclic) bond motifs is 1. The normalized spacial score (nSPS) is 23.8. The van der Waals surface area contributed by atoms with Gasteiger partial charge in [0.15, 0.2) is 0 Å². The number of rotatable bonds is 1. The third-order valence-electron chi connectivity index (χ3n) is 2.83. The fourth-order valence-corrected chi connectivity index (χ4v) is 2.11. The standard InChI is InChI=1S/C10H11F3N2.ClH/c11-10(12,13)8-5-6-3-1-2-4-7(6)9(8)15-14;/h1-4,8-9,15H,5,14H2;1H/t8-,9-;/m0./s1. The summed E-state index contributed by atoms with van der Waals surface area (Å²) in [6, 6.07) is 6.05. The van der Waals surface area contributed by atoms with E-state index in [1.807, 2.05) is 0 Å². The summed E-state index contributed by atoms with van der Waals surface area (Å²) in [5, 5.41) is 0. The average molecular weight is 253 g/mol. The fourth-order valence-electron chi connectivity index (χ4n) is 2.11. The molecule has 0 fully saturated rings. The zero-order valence-electron chi connectivity index (χ0n) is 8.29. The highest BCUT2D eigenvalue weighted by atomic mass is 35.5. The van der Waals surface area contributed by atoms with Gasteiger partial charge in [0.25, 0.3) is 0 Å². The molecular formula is C10H12ClF3N2. The second-order valence-corrected chi connectivity index (χ2v) is 3.70. The largest absolute Gasteiger partial charge is 0.394 e. The highest BCUT2D eigenvalue weighted by molar-refractivity contribution is 5.85. The zero-order chi connectivity index (χ0) is 11.1. The number of halogens is 4. The predicted octanol–water partition coefficient (Wildman–Crippen LogP) is 2.35. The number of hydrogen-bond acceptors (Lipinski definition) is 2. The summed E-state index contributed by atoms with van der Waals surface area (Å²) in [4.78, 5) is 0. The molecule has 2 nitrogen and oxygen atoms in total. The lowest BCUT2D eigenvalue weighted by molar-refractivity contribution is -0.180. The SMILES string of the molecule is Cl.NN[C@H]1c2ccccc2C[C@@H]1C(F)(F)F. The monoisotopic (exact) mass is 252 g/mol. The van der Waals surface area contributed by atoms with Crippen LogP contribution in [-0.4, -0.2) is 6.18 Å². The van der Waals surface area contributed by atoms with Gasteiger partial charge in [0.2, 0.25) is 0 Å². The molecule has 0 unspecified atom stereocenters. The summed E-state index contributed by atoms with van der Waals surface area (Å²) in [6.07, 6.45) is -4.20. The molecule has 0 aliphatic heterocycles. The maximum Gasteiger partial charge on any atom is 0.394 e. The van der Waals surface area contributed by atoms with Crippen LogP contribution in [0, 0.1) is 5.92 Å². The van der Waals surface area contributed by atoms with Gasteiger partial charge in [-0.05, 0) is 17.5 Å². The summed E-state index contributed by atoms with van der Waals surface area (Å²) in [5.74, 6) is 3.77. The van der Waals surface area contributed by atoms with Crippen LogP contribution in [0.5, 0.6) is 0 Å². The molecule has 6 heteroatoms. The van der Waals surface area contributed by atoms with E-state index < -0.39 is 18.1 Å². The first kappa shape index (κ1) is 13.3. The molecule has 1 aliphatic rings. The molecule has 2 rings (SSSR count). The van der Waals surface area contributed by atoms with Gasteiger partial charge in [0.1, 0.15) is 0 Å². The number of alkyl halides is 3. The smallest absolute Gasteiger partial charge is 0.271 e. The van der Waals surface area contributed by atoms with Gasteiger partial charge in [0, 0.05) is 0 Å². The third-order valence-corrected chi connectivity index (χ3v) is 2.83. The topological polar surface area (TPSA) is 38.0 Å². The van der Waals surface area contributed by atoms with Crippen molar-refractivity contribution in [3.63, 3.8) is 0 Å². The molecule has 0 spiro atoms. The van der Waals surface area contributed by atoms with Gasteiger partial charge in [-0.3, -0.25) is 11.3 Å². The van der Waals surface area contributed by atoms with E-state index in [4.69, 9.17) is 5.84 Å². The Bertz CT molecular complexity index is 367. The minimum absolute atomic E-state index is 0. The van der Waals surface area contributed by atoms with Crippen molar-refractivity contribution in [3.05, 3.63) is 35.4 Å². The van der Waals surface area contributed by atoms with Gasteiger partial charge in [-0.2, -0.15) is 13.2 Å². The Kier molecular flexibility index (Phi) is 3.83. The van der Waals surface area contributed by atoms with Gasteiger partial charge < -0.3 is 0 Å². The van der Waals surface area contributed by atoms with E-state index in [1.165, 1.54) is 0 Å². The second kappa shape index (κ2) is 4.61. The van der Waals surface area contributed by atoms with Crippen LogP contribution in [0.2, 0.25) is 0 Å². The van der Waals surface area contributed by atoms with Crippen molar-refractivity contribution in [2.75, 3.05) is 0 Å². The van der Waals surface area contributed by atoms with Crippen LogP contribution in [-0.2, 0) is 6.42 Å². The maximum atomic E-state index is 12.7. The summed E-state index contributed by atoms with van der Waals surface area (Å²) >= 11 is 0. The van der Waals surface area contributed by atoms with Gasteiger partial charge >= 0.3 is 6.18 Å². The molecule has 1 aromatic carbocycles. The first-order chi connectivity index (χ1) is 7.04. The predicted molar refractivity (Wildman–Crippen MR) is 57.0 cm³/mol. The lowest BCUT2D eigenvalue weighted by Crippen LogP contribution is -2.37. The Labute approximate surface area is 97.4 Å². The van der Waals surface area contributed by atoms with Crippen LogP contribution in [0.15, 0.2) is 24.3 Å². The molecule has 0 aromatic heterocycles. The van der Waals surface area contributed by atoms with E-state index in [-0.39, 0.29) is 18.8 Å². The summed E-state index contributed by atoms with van der Waals surface area (Å²) in [6.45, 7) is 0. The highest BCUT2D eigenvalue weighted by Gasteiger charge is 2.48. The van der Waals surface area contributed by atoms with Crippen molar-refractivity contribution >= 4 is 12.4 Å². The Hall–Kier alpha value is -0.780. The number of benzene rings is 1. The molecule has 0 heterocycles. The lowest BCUT2D eigenvalue weighted by atomic mass is 10.0. The average Bonchev–Trinajstić information content (AvgIpc) is 2.55. The van der Waals surface area contributed by atoms with E-state index in [0.717, 1.165) is 5.56 Å². The summed E-state index contributed by atoms with van der Waals surface area (Å²) in [7, 11) is 0. The number of hydrazine groups is 1. The molecule has 16 heavy (non-hydrogen) atoms. The maximum absolute atomic E-state index is 12.7. The van der Waals surface area contributed by atoms with Crippen molar-refractivity contribution in [3.8, 4) is 0 Å². The molecule has 0 saturated carbocycles. The van der Waals surface area contributed by atoms with E-state index in [0.29, 0.717) is 5.56 Å². The van der Waals surface area contributed by atoms with Gasteiger partial charge in [-0.25, -0.2) is 0 Å². The van der Waals surface area contributed by atoms with E-state index in [1.54, 1.807) is 24.3 Å². The highest BCUT2D eigenvalue weighted by Crippen LogP contribution is 2.44. The van der Waals surface area contributed by atoms with Crippen molar-refractivity contribution < 1.29 is 13.2 Å².